The first-order valence-corrected chi connectivity index (χ1v) is 8.44. The fourth-order valence-corrected chi connectivity index (χ4v) is 5.34. The van der Waals surface area contributed by atoms with E-state index >= 15 is 0 Å². The van der Waals surface area contributed by atoms with Gasteiger partial charge >= 0.3 is 0 Å². The Morgan fingerprint density at radius 1 is 1.48 bits per heavy atom. The summed E-state index contributed by atoms with van der Waals surface area (Å²) in [5.41, 5.74) is -1.19. The molecule has 1 spiro atoms. The highest BCUT2D eigenvalue weighted by Gasteiger charge is 2.77. The van der Waals surface area contributed by atoms with Crippen molar-refractivity contribution in [2.75, 3.05) is 11.5 Å². The first-order valence-electron chi connectivity index (χ1n) is 8.44. The summed E-state index contributed by atoms with van der Waals surface area (Å²) in [4.78, 5) is 14.7. The average molecular weight is 344 g/mol. The number of fused-ring (bicyclic) bond motifs is 2. The maximum atomic E-state index is 14.1. The van der Waals surface area contributed by atoms with Gasteiger partial charge in [-0.1, -0.05) is 0 Å². The molecule has 1 aromatic carbocycles. The van der Waals surface area contributed by atoms with Crippen molar-refractivity contribution in [2.24, 2.45) is 11.8 Å². The first kappa shape index (κ1) is 15.3. The van der Waals surface area contributed by atoms with Gasteiger partial charge in [-0.05, 0) is 25.1 Å². The zero-order valence-corrected chi connectivity index (χ0v) is 13.6. The van der Waals surface area contributed by atoms with Crippen molar-refractivity contribution in [1.29, 1.82) is 5.26 Å². The number of rotatable bonds is 1. The molecule has 0 aromatic heterocycles. The normalized spacial score (nSPS) is 44.1. The second-order valence-corrected chi connectivity index (χ2v) is 7.57. The molecule has 0 saturated carbocycles. The number of hydrogen-bond acceptors (Lipinski definition) is 5. The van der Waals surface area contributed by atoms with Crippen molar-refractivity contribution in [3.8, 4) is 6.07 Å². The summed E-state index contributed by atoms with van der Waals surface area (Å²) in [6.07, 6.45) is -0.102. The molecule has 4 fully saturated rings. The van der Waals surface area contributed by atoms with Crippen LogP contribution in [0.5, 0.6) is 0 Å². The van der Waals surface area contributed by atoms with Crippen LogP contribution >= 0.6 is 0 Å². The molecular formula is C18H17FN2O4. The summed E-state index contributed by atoms with van der Waals surface area (Å²) in [5, 5.41) is 19.4. The first-order chi connectivity index (χ1) is 11.9. The third-order valence-corrected chi connectivity index (χ3v) is 6.44. The SMILES string of the molecule is C[C@]12O[C@@]3(CCO[C@H]4[C@@H]3[C@@H]1C(=O)N4c1ccc(C#N)c(F)c1)C[C@H]2O. The van der Waals surface area contributed by atoms with E-state index in [1.807, 2.05) is 0 Å². The molecule has 6 nitrogen and oxygen atoms in total. The molecule has 0 radical (unpaired) electrons. The van der Waals surface area contributed by atoms with Crippen LogP contribution in [-0.2, 0) is 14.3 Å². The summed E-state index contributed by atoms with van der Waals surface area (Å²) in [6.45, 7) is 2.20. The molecule has 4 aliphatic heterocycles. The van der Waals surface area contributed by atoms with Gasteiger partial charge in [0.1, 0.15) is 23.7 Å². The molecule has 0 aliphatic carbocycles. The summed E-state index contributed by atoms with van der Waals surface area (Å²) in [5.74, 6) is -1.58. The van der Waals surface area contributed by atoms with Gasteiger partial charge in [-0.15, -0.1) is 0 Å². The Morgan fingerprint density at radius 2 is 2.28 bits per heavy atom. The Morgan fingerprint density at radius 3 is 3.00 bits per heavy atom. The number of carbonyl (C=O) groups is 1. The molecule has 2 bridgehead atoms. The van der Waals surface area contributed by atoms with Gasteiger partial charge in [0.25, 0.3) is 0 Å². The molecule has 25 heavy (non-hydrogen) atoms. The zero-order valence-electron chi connectivity index (χ0n) is 13.6. The predicted octanol–water partition coefficient (Wildman–Crippen LogP) is 1.32. The van der Waals surface area contributed by atoms with Crippen LogP contribution in [0.1, 0.15) is 25.3 Å². The molecule has 130 valence electrons. The number of ether oxygens (including phenoxy) is 2. The lowest BCUT2D eigenvalue weighted by Crippen LogP contribution is -2.53. The van der Waals surface area contributed by atoms with Crippen molar-refractivity contribution in [3.63, 3.8) is 0 Å². The van der Waals surface area contributed by atoms with E-state index in [-0.39, 0.29) is 17.4 Å². The molecule has 1 aromatic rings. The maximum absolute atomic E-state index is 14.1. The topological polar surface area (TPSA) is 82.8 Å². The summed E-state index contributed by atoms with van der Waals surface area (Å²) >= 11 is 0. The van der Waals surface area contributed by atoms with Crippen LogP contribution in [0, 0.1) is 29.0 Å². The predicted molar refractivity (Wildman–Crippen MR) is 82.8 cm³/mol. The summed E-state index contributed by atoms with van der Waals surface area (Å²) in [7, 11) is 0. The second-order valence-electron chi connectivity index (χ2n) is 7.57. The van der Waals surface area contributed by atoms with E-state index in [4.69, 9.17) is 14.7 Å². The van der Waals surface area contributed by atoms with Gasteiger partial charge in [-0.25, -0.2) is 4.39 Å². The minimum atomic E-state index is -0.937. The lowest BCUT2D eigenvalue weighted by atomic mass is 9.65. The number of aliphatic hydroxyl groups is 1. The van der Waals surface area contributed by atoms with Crippen molar-refractivity contribution < 1.29 is 23.8 Å². The smallest absolute Gasteiger partial charge is 0.235 e. The number of halogens is 1. The number of anilines is 1. The summed E-state index contributed by atoms with van der Waals surface area (Å²) in [6, 6.07) is 5.91. The highest BCUT2D eigenvalue weighted by atomic mass is 19.1. The molecule has 1 amide bonds. The van der Waals surface area contributed by atoms with E-state index in [0.717, 1.165) is 0 Å². The van der Waals surface area contributed by atoms with E-state index in [1.165, 1.54) is 17.0 Å². The molecule has 4 aliphatic rings. The molecule has 4 saturated heterocycles. The molecule has 6 atom stereocenters. The van der Waals surface area contributed by atoms with Crippen molar-refractivity contribution >= 4 is 11.6 Å². The van der Waals surface area contributed by atoms with E-state index in [2.05, 4.69) is 0 Å². The molecule has 4 heterocycles. The van der Waals surface area contributed by atoms with Gasteiger partial charge in [0.2, 0.25) is 5.91 Å². The fraction of sp³-hybridized carbons (Fsp3) is 0.556. The van der Waals surface area contributed by atoms with Crippen LogP contribution in [-0.4, -0.2) is 41.2 Å². The lowest BCUT2D eigenvalue weighted by molar-refractivity contribution is -0.142. The minimum Gasteiger partial charge on any atom is -0.390 e. The van der Waals surface area contributed by atoms with Crippen molar-refractivity contribution in [2.45, 2.75) is 43.3 Å². The Hall–Kier alpha value is -2.01. The van der Waals surface area contributed by atoms with Crippen LogP contribution in [0.4, 0.5) is 10.1 Å². The third kappa shape index (κ3) is 1.65. The van der Waals surface area contributed by atoms with Gasteiger partial charge in [0.05, 0.1) is 29.8 Å². The van der Waals surface area contributed by atoms with Crippen molar-refractivity contribution in [1.82, 2.24) is 0 Å². The van der Waals surface area contributed by atoms with Gasteiger partial charge in [-0.3, -0.25) is 9.69 Å². The fourth-order valence-electron chi connectivity index (χ4n) is 5.34. The van der Waals surface area contributed by atoms with Crippen LogP contribution in [0.2, 0.25) is 0 Å². The quantitative estimate of drug-likeness (QED) is 0.831. The van der Waals surface area contributed by atoms with E-state index < -0.39 is 35.3 Å². The lowest BCUT2D eigenvalue weighted by Gasteiger charge is -2.42. The second kappa shape index (κ2) is 4.58. The Bertz CT molecular complexity index is 839. The number of nitriles is 1. The molecule has 7 heteroatoms. The maximum Gasteiger partial charge on any atom is 0.235 e. The standard InChI is InChI=1S/C18H17FN2O4/c1-17-12(22)7-18(25-17)4-5-24-16-14(18)13(17)15(23)21(16)10-3-2-9(8-20)11(19)6-10/h2-3,6,12-14,16,22H,4-5,7H2,1H3/t12-,13-,14+,16+,17-,18+/m1/s1. The molecule has 1 N–H and O–H groups in total. The monoisotopic (exact) mass is 344 g/mol. The largest absolute Gasteiger partial charge is 0.390 e. The zero-order chi connectivity index (χ0) is 17.6. The third-order valence-electron chi connectivity index (χ3n) is 6.44. The van der Waals surface area contributed by atoms with E-state index in [1.54, 1.807) is 19.1 Å². The summed E-state index contributed by atoms with van der Waals surface area (Å²) < 4.78 is 26.2. The number of amides is 1. The number of benzene rings is 1. The number of nitrogens with zero attached hydrogens (tertiary/aromatic N) is 2. The molecule has 0 unspecified atom stereocenters. The van der Waals surface area contributed by atoms with Gasteiger partial charge in [-0.2, -0.15) is 5.26 Å². The minimum absolute atomic E-state index is 0.0672. The Labute approximate surface area is 143 Å². The van der Waals surface area contributed by atoms with Gasteiger partial charge < -0.3 is 14.6 Å². The Balaban J connectivity index is 1.62. The van der Waals surface area contributed by atoms with E-state index in [9.17, 15) is 14.3 Å². The van der Waals surface area contributed by atoms with Crippen molar-refractivity contribution in [3.05, 3.63) is 29.6 Å². The molecule has 5 rings (SSSR count). The van der Waals surface area contributed by atoms with E-state index in [0.29, 0.717) is 25.1 Å². The van der Waals surface area contributed by atoms with Crippen LogP contribution in [0.25, 0.3) is 0 Å². The number of aliphatic hydroxyl groups excluding tert-OH is 1. The van der Waals surface area contributed by atoms with Crippen LogP contribution in [0.15, 0.2) is 18.2 Å². The van der Waals surface area contributed by atoms with Gasteiger partial charge in [0.15, 0.2) is 0 Å². The number of carbonyl (C=O) groups excluding carboxylic acids is 1. The number of hydrogen-bond donors (Lipinski definition) is 1. The van der Waals surface area contributed by atoms with Crippen LogP contribution < -0.4 is 4.90 Å². The van der Waals surface area contributed by atoms with Crippen LogP contribution in [0.3, 0.4) is 0 Å². The molecular weight excluding hydrogens is 327 g/mol. The highest BCUT2D eigenvalue weighted by Crippen LogP contribution is 2.65. The van der Waals surface area contributed by atoms with Gasteiger partial charge in [0, 0.05) is 24.4 Å². The Kier molecular flexibility index (Phi) is 2.80. The highest BCUT2D eigenvalue weighted by molar-refractivity contribution is 6.00. The average Bonchev–Trinajstić information content (AvgIpc) is 3.12.